The molecule has 1 aliphatic rings. The molecule has 0 amide bonds. The van der Waals surface area contributed by atoms with Crippen molar-refractivity contribution in [1.82, 2.24) is 4.98 Å². The highest BCUT2D eigenvalue weighted by molar-refractivity contribution is 7.99. The number of thioether (sulfide) groups is 1. The Hall–Kier alpha value is -4.71. The molecule has 0 saturated carbocycles. The molecule has 5 heteroatoms. The number of hydrogen-bond donors (Lipinski definition) is 1. The first kappa shape index (κ1) is 24.6. The molecule has 1 aliphatic heterocycles. The van der Waals surface area contributed by atoms with Crippen molar-refractivity contribution >= 4 is 28.2 Å². The minimum absolute atomic E-state index is 0.155. The molecule has 0 aliphatic carbocycles. The molecule has 4 aromatic carbocycles. The highest BCUT2D eigenvalue weighted by atomic mass is 32.2. The summed E-state index contributed by atoms with van der Waals surface area (Å²) >= 11 is 1.78. The van der Waals surface area contributed by atoms with Crippen LogP contribution in [0, 0.1) is 28.6 Å². The Morgan fingerprint density at radius 2 is 1.56 bits per heavy atom. The van der Waals surface area contributed by atoms with Crippen molar-refractivity contribution in [2.45, 2.75) is 10.8 Å². The van der Waals surface area contributed by atoms with Crippen molar-refractivity contribution in [2.24, 2.45) is 5.92 Å². The second kappa shape index (κ2) is 10.6. The Morgan fingerprint density at radius 3 is 2.36 bits per heavy atom. The Balaban J connectivity index is 1.72. The Labute approximate surface area is 232 Å². The Kier molecular flexibility index (Phi) is 6.68. The zero-order chi connectivity index (χ0) is 26.8. The third-order valence-corrected chi connectivity index (χ3v) is 8.65. The summed E-state index contributed by atoms with van der Waals surface area (Å²) in [5, 5.41) is 21.4. The first-order valence-corrected chi connectivity index (χ1v) is 13.8. The molecule has 2 heterocycles. The van der Waals surface area contributed by atoms with Gasteiger partial charge in [0, 0.05) is 39.0 Å². The highest BCUT2D eigenvalue weighted by Gasteiger charge is 2.38. The number of ether oxygens (including phenoxy) is 1. The number of hydrogen-bond acceptors (Lipinski definition) is 4. The summed E-state index contributed by atoms with van der Waals surface area (Å²) in [6.45, 7) is 0. The van der Waals surface area contributed by atoms with Gasteiger partial charge in [-0.3, -0.25) is 0 Å². The lowest BCUT2D eigenvalue weighted by atomic mass is 9.73. The zero-order valence-electron chi connectivity index (χ0n) is 21.4. The quantitative estimate of drug-likeness (QED) is 0.236. The molecule has 5 aromatic rings. The molecule has 1 N–H and O–H groups in total. The molecular weight excluding hydrogens is 498 g/mol. The fourth-order valence-electron chi connectivity index (χ4n) is 5.82. The summed E-state index contributed by atoms with van der Waals surface area (Å²) in [6, 6.07) is 39.3. The number of benzene rings is 4. The van der Waals surface area contributed by atoms with Crippen molar-refractivity contribution in [3.63, 3.8) is 0 Å². The fraction of sp³-hybridized carbons (Fsp3) is 0.118. The number of nitrogens with one attached hydrogen (secondary N) is 1. The van der Waals surface area contributed by atoms with Crippen LogP contribution in [0.5, 0.6) is 5.75 Å². The first-order valence-electron chi connectivity index (χ1n) is 12.8. The van der Waals surface area contributed by atoms with Crippen molar-refractivity contribution in [3.05, 3.63) is 125 Å². The number of methoxy groups -OCH3 is 1. The van der Waals surface area contributed by atoms with Gasteiger partial charge in [0.05, 0.1) is 12.8 Å². The molecule has 0 saturated heterocycles. The van der Waals surface area contributed by atoms with Crippen LogP contribution in [0.25, 0.3) is 27.7 Å². The molecule has 0 bridgehead atoms. The number of nitriles is 2. The van der Waals surface area contributed by atoms with E-state index >= 15 is 0 Å². The smallest absolute Gasteiger partial charge is 0.133 e. The van der Waals surface area contributed by atoms with Crippen molar-refractivity contribution in [3.8, 4) is 29.1 Å². The van der Waals surface area contributed by atoms with Gasteiger partial charge in [-0.2, -0.15) is 10.5 Å². The van der Waals surface area contributed by atoms with Crippen molar-refractivity contribution in [2.75, 3.05) is 12.9 Å². The van der Waals surface area contributed by atoms with E-state index in [0.717, 1.165) is 60.8 Å². The molecule has 0 radical (unpaired) electrons. The van der Waals surface area contributed by atoms with Crippen LogP contribution in [0.3, 0.4) is 0 Å². The zero-order valence-corrected chi connectivity index (χ0v) is 22.2. The van der Waals surface area contributed by atoms with Gasteiger partial charge in [0.1, 0.15) is 23.5 Å². The van der Waals surface area contributed by atoms with Gasteiger partial charge in [-0.1, -0.05) is 84.9 Å². The Bertz CT molecular complexity index is 1770. The van der Waals surface area contributed by atoms with E-state index in [4.69, 9.17) is 4.74 Å². The lowest BCUT2D eigenvalue weighted by Gasteiger charge is -2.35. The number of allylic oxidation sites excluding steroid dienone is 2. The van der Waals surface area contributed by atoms with Gasteiger partial charge in [0.25, 0.3) is 0 Å². The van der Waals surface area contributed by atoms with Crippen LogP contribution < -0.4 is 4.74 Å². The van der Waals surface area contributed by atoms with Crippen LogP contribution in [0.4, 0.5) is 0 Å². The average molecular weight is 524 g/mol. The molecule has 4 nitrogen and oxygen atoms in total. The number of aromatic nitrogens is 1. The molecular formula is C34H25N3OS. The summed E-state index contributed by atoms with van der Waals surface area (Å²) in [5.41, 5.74) is 7.24. The van der Waals surface area contributed by atoms with E-state index in [1.54, 1.807) is 18.9 Å². The maximum Gasteiger partial charge on any atom is 0.133 e. The van der Waals surface area contributed by atoms with Gasteiger partial charge in [0.2, 0.25) is 0 Å². The second-order valence-corrected chi connectivity index (χ2v) is 10.5. The van der Waals surface area contributed by atoms with E-state index in [-0.39, 0.29) is 17.4 Å². The number of H-pyrrole nitrogens is 1. The second-order valence-electron chi connectivity index (χ2n) is 9.47. The third-order valence-electron chi connectivity index (χ3n) is 7.46. The molecule has 2 atom stereocenters. The van der Waals surface area contributed by atoms with E-state index < -0.39 is 0 Å². The summed E-state index contributed by atoms with van der Waals surface area (Å²) in [7, 11) is 1.70. The fourth-order valence-corrected chi connectivity index (χ4v) is 7.05. The molecule has 0 unspecified atom stereocenters. The third kappa shape index (κ3) is 4.28. The lowest BCUT2D eigenvalue weighted by molar-refractivity contribution is 0.405. The van der Waals surface area contributed by atoms with Gasteiger partial charge >= 0.3 is 0 Å². The van der Waals surface area contributed by atoms with E-state index in [1.165, 1.54) is 0 Å². The van der Waals surface area contributed by atoms with Crippen molar-refractivity contribution < 1.29 is 4.74 Å². The minimum atomic E-state index is -0.194. The van der Waals surface area contributed by atoms with Crippen LogP contribution >= 0.6 is 11.8 Å². The maximum absolute atomic E-state index is 10.1. The van der Waals surface area contributed by atoms with E-state index in [9.17, 15) is 10.5 Å². The summed E-state index contributed by atoms with van der Waals surface area (Å²) in [4.78, 5) is 4.80. The van der Waals surface area contributed by atoms with Gasteiger partial charge < -0.3 is 9.72 Å². The molecule has 6 rings (SSSR count). The predicted octanol–water partition coefficient (Wildman–Crippen LogP) is 8.20. The van der Waals surface area contributed by atoms with Crippen LogP contribution in [0.15, 0.2) is 114 Å². The van der Waals surface area contributed by atoms with Gasteiger partial charge in [-0.25, -0.2) is 0 Å². The van der Waals surface area contributed by atoms with Crippen LogP contribution in [0.1, 0.15) is 22.6 Å². The number of aromatic amines is 1. The molecule has 1 aromatic heterocycles. The normalized spacial score (nSPS) is 15.2. The monoisotopic (exact) mass is 523 g/mol. The SMILES string of the molecule is COc1ccccc1[C@H](c1c(-c2ccccc2)[nH]c2ccccc12)[C@H]1CSc2ccccc2C1=C(C#N)C#N. The molecule has 0 fully saturated rings. The van der Waals surface area contributed by atoms with Crippen LogP contribution in [-0.4, -0.2) is 17.8 Å². The van der Waals surface area contributed by atoms with Crippen molar-refractivity contribution in [1.29, 1.82) is 10.5 Å². The number of para-hydroxylation sites is 2. The molecule has 39 heavy (non-hydrogen) atoms. The topological polar surface area (TPSA) is 72.6 Å². The average Bonchev–Trinajstić information content (AvgIpc) is 3.38. The standard InChI is InChI=1S/C34H25N3OS/c1-38-29-17-9-6-14-25(29)32(27-21-39-30-18-10-7-15-26(30)31(27)23(19-35)20-36)33-24-13-5-8-16-28(24)37-34(33)22-11-3-2-4-12-22/h2-18,27,32,37H,21H2,1H3/t27-,32-/m0/s1. The lowest BCUT2D eigenvalue weighted by Crippen LogP contribution is -2.23. The van der Waals surface area contributed by atoms with E-state index in [2.05, 4.69) is 59.6 Å². The number of nitrogens with zero attached hydrogens (tertiary/aromatic N) is 2. The van der Waals surface area contributed by atoms with E-state index in [0.29, 0.717) is 0 Å². The van der Waals surface area contributed by atoms with Crippen LogP contribution in [0.2, 0.25) is 0 Å². The summed E-state index contributed by atoms with van der Waals surface area (Å²) in [5.74, 6) is 1.15. The largest absolute Gasteiger partial charge is 0.496 e. The van der Waals surface area contributed by atoms with Gasteiger partial charge in [0.15, 0.2) is 0 Å². The van der Waals surface area contributed by atoms with Gasteiger partial charge in [-0.05, 0) is 40.5 Å². The molecule has 0 spiro atoms. The number of fused-ring (bicyclic) bond motifs is 2. The van der Waals surface area contributed by atoms with Crippen LogP contribution in [-0.2, 0) is 0 Å². The van der Waals surface area contributed by atoms with Gasteiger partial charge in [-0.15, -0.1) is 11.8 Å². The Morgan fingerprint density at radius 1 is 0.872 bits per heavy atom. The summed E-state index contributed by atoms with van der Waals surface area (Å²) in [6.07, 6.45) is 0. The minimum Gasteiger partial charge on any atom is -0.496 e. The predicted molar refractivity (Wildman–Crippen MR) is 157 cm³/mol. The maximum atomic E-state index is 10.1. The van der Waals surface area contributed by atoms with E-state index in [1.807, 2.05) is 60.7 Å². The number of rotatable bonds is 5. The highest BCUT2D eigenvalue weighted by Crippen LogP contribution is 2.53. The first-order chi connectivity index (χ1) is 19.2. The molecule has 188 valence electrons. The summed E-state index contributed by atoms with van der Waals surface area (Å²) < 4.78 is 5.93.